The van der Waals surface area contributed by atoms with Crippen LogP contribution in [-0.2, 0) is 0 Å². The van der Waals surface area contributed by atoms with Crippen molar-refractivity contribution in [3.05, 3.63) is 78.0 Å². The minimum absolute atomic E-state index is 0.152. The van der Waals surface area contributed by atoms with Crippen LogP contribution in [0.15, 0.2) is 60.8 Å². The van der Waals surface area contributed by atoms with E-state index in [0.717, 1.165) is 36.7 Å². The number of nitrogens with zero attached hydrogens (tertiary/aromatic N) is 4. The SMILES string of the molecule is N#Cc1ccc(NCCCCNc2nc(-c3ccc(F)cc3F)nc3ccccc23)nc1. The van der Waals surface area contributed by atoms with Crippen molar-refractivity contribution in [3.63, 3.8) is 0 Å². The highest BCUT2D eigenvalue weighted by Crippen LogP contribution is 2.26. The molecule has 0 radical (unpaired) electrons. The highest BCUT2D eigenvalue weighted by molar-refractivity contribution is 5.90. The molecular formula is C24H20F2N6. The van der Waals surface area contributed by atoms with Crippen LogP contribution in [0.25, 0.3) is 22.3 Å². The molecule has 0 unspecified atom stereocenters. The number of nitrogens with one attached hydrogen (secondary N) is 2. The Balaban J connectivity index is 1.40. The van der Waals surface area contributed by atoms with Gasteiger partial charge in [0.2, 0.25) is 0 Å². The quantitative estimate of drug-likeness (QED) is 0.376. The fraction of sp³-hybridized carbons (Fsp3) is 0.167. The van der Waals surface area contributed by atoms with Gasteiger partial charge < -0.3 is 10.6 Å². The van der Waals surface area contributed by atoms with E-state index in [1.807, 2.05) is 30.3 Å². The fourth-order valence-corrected chi connectivity index (χ4v) is 3.24. The molecule has 160 valence electrons. The molecule has 0 bridgehead atoms. The molecule has 4 aromatic rings. The molecule has 0 saturated heterocycles. The van der Waals surface area contributed by atoms with Crippen LogP contribution in [0.2, 0.25) is 0 Å². The van der Waals surface area contributed by atoms with E-state index in [1.165, 1.54) is 18.3 Å². The maximum atomic E-state index is 14.3. The van der Waals surface area contributed by atoms with Gasteiger partial charge in [-0.3, -0.25) is 0 Å². The maximum absolute atomic E-state index is 14.3. The molecule has 2 aromatic carbocycles. The Bertz CT molecular complexity index is 1270. The molecule has 0 aliphatic heterocycles. The summed E-state index contributed by atoms with van der Waals surface area (Å²) < 4.78 is 27.6. The summed E-state index contributed by atoms with van der Waals surface area (Å²) in [6.07, 6.45) is 3.28. The number of fused-ring (bicyclic) bond motifs is 1. The lowest BCUT2D eigenvalue weighted by atomic mass is 10.1. The van der Waals surface area contributed by atoms with Crippen molar-refractivity contribution >= 4 is 22.5 Å². The van der Waals surface area contributed by atoms with Crippen molar-refractivity contribution < 1.29 is 8.78 Å². The molecule has 0 spiro atoms. The number of halogens is 2. The summed E-state index contributed by atoms with van der Waals surface area (Å²) in [5.41, 5.74) is 1.35. The van der Waals surface area contributed by atoms with E-state index in [2.05, 4.69) is 25.6 Å². The third-order valence-electron chi connectivity index (χ3n) is 4.87. The van der Waals surface area contributed by atoms with E-state index < -0.39 is 11.6 Å². The van der Waals surface area contributed by atoms with Crippen molar-refractivity contribution in [2.75, 3.05) is 23.7 Å². The van der Waals surface area contributed by atoms with Crippen LogP contribution in [0.4, 0.5) is 20.4 Å². The smallest absolute Gasteiger partial charge is 0.165 e. The van der Waals surface area contributed by atoms with Gasteiger partial charge in [0.05, 0.1) is 16.6 Å². The molecule has 2 heterocycles. The van der Waals surface area contributed by atoms with Gasteiger partial charge >= 0.3 is 0 Å². The summed E-state index contributed by atoms with van der Waals surface area (Å²) >= 11 is 0. The number of benzene rings is 2. The highest BCUT2D eigenvalue weighted by atomic mass is 19.1. The molecule has 6 nitrogen and oxygen atoms in total. The topological polar surface area (TPSA) is 86.5 Å². The van der Waals surface area contributed by atoms with Crippen LogP contribution in [0, 0.1) is 23.0 Å². The molecule has 0 amide bonds. The average molecular weight is 430 g/mol. The Kier molecular flexibility index (Phi) is 6.46. The van der Waals surface area contributed by atoms with Gasteiger partial charge in [0.15, 0.2) is 5.82 Å². The second-order valence-corrected chi connectivity index (χ2v) is 7.14. The molecule has 0 atom stereocenters. The van der Waals surface area contributed by atoms with Gasteiger partial charge in [-0.2, -0.15) is 5.26 Å². The second-order valence-electron chi connectivity index (χ2n) is 7.14. The zero-order valence-corrected chi connectivity index (χ0v) is 17.1. The average Bonchev–Trinajstić information content (AvgIpc) is 2.81. The van der Waals surface area contributed by atoms with Crippen LogP contribution in [-0.4, -0.2) is 28.0 Å². The highest BCUT2D eigenvalue weighted by Gasteiger charge is 2.13. The number of hydrogen-bond acceptors (Lipinski definition) is 6. The number of para-hydroxylation sites is 1. The number of aromatic nitrogens is 3. The van der Waals surface area contributed by atoms with Crippen LogP contribution >= 0.6 is 0 Å². The van der Waals surface area contributed by atoms with Crippen molar-refractivity contribution in [2.45, 2.75) is 12.8 Å². The Morgan fingerprint density at radius 2 is 1.72 bits per heavy atom. The fourth-order valence-electron chi connectivity index (χ4n) is 3.24. The Morgan fingerprint density at radius 3 is 2.47 bits per heavy atom. The number of pyridine rings is 1. The first kappa shape index (κ1) is 21.1. The third kappa shape index (κ3) is 4.95. The number of rotatable bonds is 8. The van der Waals surface area contributed by atoms with Crippen molar-refractivity contribution in [1.29, 1.82) is 5.26 Å². The predicted octanol–water partition coefficient (Wildman–Crippen LogP) is 5.15. The molecule has 0 saturated carbocycles. The summed E-state index contributed by atoms with van der Waals surface area (Å²) in [6, 6.07) is 16.4. The Morgan fingerprint density at radius 1 is 0.906 bits per heavy atom. The Hall–Kier alpha value is -4.12. The van der Waals surface area contributed by atoms with E-state index in [0.29, 0.717) is 23.4 Å². The Labute approximate surface area is 184 Å². The molecule has 0 fully saturated rings. The van der Waals surface area contributed by atoms with E-state index in [-0.39, 0.29) is 11.4 Å². The maximum Gasteiger partial charge on any atom is 0.165 e. The largest absolute Gasteiger partial charge is 0.370 e. The minimum Gasteiger partial charge on any atom is -0.370 e. The van der Waals surface area contributed by atoms with Gasteiger partial charge in [0.1, 0.15) is 29.3 Å². The summed E-state index contributed by atoms with van der Waals surface area (Å²) in [7, 11) is 0. The van der Waals surface area contributed by atoms with E-state index in [1.54, 1.807) is 12.1 Å². The van der Waals surface area contributed by atoms with Gasteiger partial charge in [-0.1, -0.05) is 12.1 Å². The monoisotopic (exact) mass is 430 g/mol. The van der Waals surface area contributed by atoms with E-state index in [9.17, 15) is 8.78 Å². The molecule has 2 aromatic heterocycles. The lowest BCUT2D eigenvalue weighted by Crippen LogP contribution is -2.09. The summed E-state index contributed by atoms with van der Waals surface area (Å²) in [4.78, 5) is 13.1. The molecular weight excluding hydrogens is 410 g/mol. The van der Waals surface area contributed by atoms with Crippen molar-refractivity contribution in [2.24, 2.45) is 0 Å². The van der Waals surface area contributed by atoms with Crippen LogP contribution in [0.3, 0.4) is 0 Å². The zero-order chi connectivity index (χ0) is 22.3. The van der Waals surface area contributed by atoms with Gasteiger partial charge in [-0.05, 0) is 49.2 Å². The lowest BCUT2D eigenvalue weighted by molar-refractivity contribution is 0.585. The number of unbranched alkanes of at least 4 members (excludes halogenated alkanes) is 1. The molecule has 8 heteroatoms. The van der Waals surface area contributed by atoms with E-state index in [4.69, 9.17) is 5.26 Å². The summed E-state index contributed by atoms with van der Waals surface area (Å²) in [5, 5.41) is 16.2. The summed E-state index contributed by atoms with van der Waals surface area (Å²) in [6.45, 7) is 1.39. The first-order valence-corrected chi connectivity index (χ1v) is 10.2. The normalized spacial score (nSPS) is 10.7. The molecule has 4 rings (SSSR count). The zero-order valence-electron chi connectivity index (χ0n) is 17.1. The van der Waals surface area contributed by atoms with Gasteiger partial charge in [0, 0.05) is 30.7 Å². The number of anilines is 2. The predicted molar refractivity (Wildman–Crippen MR) is 120 cm³/mol. The van der Waals surface area contributed by atoms with Crippen molar-refractivity contribution in [3.8, 4) is 17.5 Å². The van der Waals surface area contributed by atoms with Crippen LogP contribution in [0.1, 0.15) is 18.4 Å². The molecule has 2 N–H and O–H groups in total. The van der Waals surface area contributed by atoms with Gasteiger partial charge in [-0.15, -0.1) is 0 Å². The van der Waals surface area contributed by atoms with Crippen molar-refractivity contribution in [1.82, 2.24) is 15.0 Å². The molecule has 0 aliphatic rings. The molecule has 32 heavy (non-hydrogen) atoms. The van der Waals surface area contributed by atoms with Gasteiger partial charge in [-0.25, -0.2) is 23.7 Å². The van der Waals surface area contributed by atoms with Gasteiger partial charge in [0.25, 0.3) is 0 Å². The number of hydrogen-bond donors (Lipinski definition) is 2. The van der Waals surface area contributed by atoms with Crippen LogP contribution < -0.4 is 10.6 Å². The first-order chi connectivity index (χ1) is 15.6. The third-order valence-corrected chi connectivity index (χ3v) is 4.87. The lowest BCUT2D eigenvalue weighted by Gasteiger charge is -2.12. The molecule has 0 aliphatic carbocycles. The minimum atomic E-state index is -0.700. The first-order valence-electron chi connectivity index (χ1n) is 10.2. The van der Waals surface area contributed by atoms with E-state index >= 15 is 0 Å². The second kappa shape index (κ2) is 9.79. The standard InChI is InChI=1S/C24H20F2N6/c25-17-8-9-18(20(26)13-17)24-31-21-6-2-1-5-19(21)23(32-24)29-12-4-3-11-28-22-10-7-16(14-27)15-30-22/h1-2,5-10,13,15H,3-4,11-12H2,(H,28,30)(H,29,31,32). The summed E-state index contributed by atoms with van der Waals surface area (Å²) in [5.74, 6) is 0.196. The number of nitriles is 1. The van der Waals surface area contributed by atoms with Crippen LogP contribution in [0.5, 0.6) is 0 Å².